The fourth-order valence-electron chi connectivity index (χ4n) is 3.02. The third-order valence-electron chi connectivity index (χ3n) is 4.20. The van der Waals surface area contributed by atoms with Gasteiger partial charge in [0.2, 0.25) is 5.91 Å². The van der Waals surface area contributed by atoms with Crippen LogP contribution < -0.4 is 0 Å². The van der Waals surface area contributed by atoms with Gasteiger partial charge >= 0.3 is 0 Å². The number of thiazole rings is 1. The van der Waals surface area contributed by atoms with E-state index in [1.54, 1.807) is 17.5 Å². The van der Waals surface area contributed by atoms with Crippen LogP contribution in [-0.4, -0.2) is 39.1 Å². The molecule has 21 heavy (non-hydrogen) atoms. The molecule has 1 saturated heterocycles. The number of aromatic amines is 1. The van der Waals surface area contributed by atoms with E-state index in [9.17, 15) is 4.79 Å². The molecule has 2 aromatic heterocycles. The van der Waals surface area contributed by atoms with E-state index in [0.29, 0.717) is 6.42 Å². The molecule has 6 heteroatoms. The highest BCUT2D eigenvalue weighted by Gasteiger charge is 2.35. The van der Waals surface area contributed by atoms with Gasteiger partial charge in [-0.15, -0.1) is 11.3 Å². The molecule has 3 heterocycles. The van der Waals surface area contributed by atoms with E-state index >= 15 is 0 Å². The van der Waals surface area contributed by atoms with Crippen LogP contribution in [0, 0.1) is 6.92 Å². The minimum atomic E-state index is -0.0254. The lowest BCUT2D eigenvalue weighted by atomic mass is 9.79. The minimum Gasteiger partial charge on any atom is -0.341 e. The van der Waals surface area contributed by atoms with Crippen LogP contribution >= 0.6 is 11.3 Å². The molecule has 0 aliphatic carbocycles. The smallest absolute Gasteiger partial charge is 0.228 e. The molecule has 0 aromatic carbocycles. The third kappa shape index (κ3) is 3.00. The van der Waals surface area contributed by atoms with Crippen LogP contribution in [0.5, 0.6) is 0 Å². The van der Waals surface area contributed by atoms with Crippen LogP contribution in [0.15, 0.2) is 17.6 Å². The average molecular weight is 304 g/mol. The molecule has 1 atom stereocenters. The van der Waals surface area contributed by atoms with E-state index in [-0.39, 0.29) is 11.3 Å². The van der Waals surface area contributed by atoms with E-state index in [4.69, 9.17) is 0 Å². The normalized spacial score (nSPS) is 22.5. The maximum Gasteiger partial charge on any atom is 0.228 e. The summed E-state index contributed by atoms with van der Waals surface area (Å²) >= 11 is 1.60. The molecule has 3 rings (SSSR count). The lowest BCUT2D eigenvalue weighted by molar-refractivity contribution is -0.132. The second kappa shape index (κ2) is 5.60. The van der Waals surface area contributed by atoms with Crippen LogP contribution in [0.2, 0.25) is 0 Å². The van der Waals surface area contributed by atoms with Gasteiger partial charge in [0.1, 0.15) is 0 Å². The molecule has 1 amide bonds. The molecule has 0 unspecified atom stereocenters. The number of aromatic nitrogens is 3. The summed E-state index contributed by atoms with van der Waals surface area (Å²) in [6.07, 6.45) is 4.29. The summed E-state index contributed by atoms with van der Waals surface area (Å²) in [6.45, 7) is 5.75. The molecule has 2 aromatic rings. The van der Waals surface area contributed by atoms with Crippen molar-refractivity contribution in [1.29, 1.82) is 0 Å². The van der Waals surface area contributed by atoms with Gasteiger partial charge < -0.3 is 4.90 Å². The van der Waals surface area contributed by atoms with Gasteiger partial charge in [-0.2, -0.15) is 5.10 Å². The summed E-state index contributed by atoms with van der Waals surface area (Å²) in [6, 6.07) is 2.01. The molecular weight excluding hydrogens is 284 g/mol. The molecule has 0 spiro atoms. The SMILES string of the molecule is Cc1nc(CC(=O)N2CCC[C@](C)(c3ccn[nH]3)C2)cs1. The van der Waals surface area contributed by atoms with Crippen molar-refractivity contribution in [3.63, 3.8) is 0 Å². The van der Waals surface area contributed by atoms with Gasteiger partial charge in [-0.05, 0) is 25.8 Å². The molecule has 0 radical (unpaired) electrons. The number of rotatable bonds is 3. The molecule has 1 fully saturated rings. The fourth-order valence-corrected chi connectivity index (χ4v) is 3.63. The number of amides is 1. The molecular formula is C15H20N4OS. The first-order chi connectivity index (χ1) is 10.1. The van der Waals surface area contributed by atoms with Crippen LogP contribution in [0.3, 0.4) is 0 Å². The molecule has 5 nitrogen and oxygen atoms in total. The number of hydrogen-bond acceptors (Lipinski definition) is 4. The first-order valence-corrected chi connectivity index (χ1v) is 8.13. The Morgan fingerprint density at radius 3 is 3.10 bits per heavy atom. The molecule has 112 valence electrons. The van der Waals surface area contributed by atoms with E-state index in [1.807, 2.05) is 23.3 Å². The number of nitrogens with one attached hydrogen (secondary N) is 1. The first-order valence-electron chi connectivity index (χ1n) is 7.25. The van der Waals surface area contributed by atoms with E-state index in [2.05, 4.69) is 22.1 Å². The highest BCUT2D eigenvalue weighted by molar-refractivity contribution is 7.09. The largest absolute Gasteiger partial charge is 0.341 e. The highest BCUT2D eigenvalue weighted by Crippen LogP contribution is 2.32. The highest BCUT2D eigenvalue weighted by atomic mass is 32.1. The topological polar surface area (TPSA) is 61.9 Å². The average Bonchev–Trinajstić information content (AvgIpc) is 3.11. The number of aryl methyl sites for hydroxylation is 1. The zero-order valence-corrected chi connectivity index (χ0v) is 13.2. The van der Waals surface area contributed by atoms with Crippen molar-refractivity contribution in [2.24, 2.45) is 0 Å². The Morgan fingerprint density at radius 1 is 1.57 bits per heavy atom. The number of nitrogens with zero attached hydrogens (tertiary/aromatic N) is 3. The lowest BCUT2D eigenvalue weighted by Crippen LogP contribution is -2.47. The van der Waals surface area contributed by atoms with E-state index < -0.39 is 0 Å². The standard InChI is InChI=1S/C15H20N4OS/c1-11-17-12(9-21-11)8-14(20)19-7-3-5-15(2,10-19)13-4-6-16-18-13/h4,6,9H,3,5,7-8,10H2,1-2H3,(H,16,18)/t15-/m0/s1. The van der Waals surface area contributed by atoms with Crippen LogP contribution in [0.1, 0.15) is 36.2 Å². The van der Waals surface area contributed by atoms with E-state index in [0.717, 1.165) is 42.3 Å². The van der Waals surface area contributed by atoms with Crippen LogP contribution in [0.4, 0.5) is 0 Å². The van der Waals surface area contributed by atoms with Crippen molar-refractivity contribution >= 4 is 17.2 Å². The van der Waals surface area contributed by atoms with Gasteiger partial charge in [0.05, 0.1) is 17.1 Å². The monoisotopic (exact) mass is 304 g/mol. The number of carbonyl (C=O) groups excluding carboxylic acids is 1. The fraction of sp³-hybridized carbons (Fsp3) is 0.533. The maximum atomic E-state index is 12.5. The van der Waals surface area contributed by atoms with Crippen molar-refractivity contribution < 1.29 is 4.79 Å². The Hall–Kier alpha value is -1.69. The molecule has 1 N–H and O–H groups in total. The minimum absolute atomic E-state index is 0.0254. The van der Waals surface area contributed by atoms with Crippen LogP contribution in [0.25, 0.3) is 0 Å². The van der Waals surface area contributed by atoms with Crippen molar-refractivity contribution in [3.8, 4) is 0 Å². The van der Waals surface area contributed by atoms with Gasteiger partial charge in [-0.1, -0.05) is 6.92 Å². The summed E-state index contributed by atoms with van der Waals surface area (Å²) in [4.78, 5) is 18.9. The number of hydrogen-bond donors (Lipinski definition) is 1. The van der Waals surface area contributed by atoms with Crippen molar-refractivity contribution in [1.82, 2.24) is 20.1 Å². The Morgan fingerprint density at radius 2 is 2.43 bits per heavy atom. The second-order valence-electron chi connectivity index (χ2n) is 5.98. The summed E-state index contributed by atoms with van der Waals surface area (Å²) in [7, 11) is 0. The van der Waals surface area contributed by atoms with E-state index in [1.165, 1.54) is 0 Å². The summed E-state index contributed by atoms with van der Waals surface area (Å²) < 4.78 is 0. The summed E-state index contributed by atoms with van der Waals surface area (Å²) in [5.41, 5.74) is 1.98. The Bertz CT molecular complexity index is 621. The molecule has 1 aliphatic rings. The predicted octanol–water partition coefficient (Wildman–Crippen LogP) is 2.30. The second-order valence-corrected chi connectivity index (χ2v) is 7.05. The molecule has 0 saturated carbocycles. The zero-order valence-electron chi connectivity index (χ0n) is 12.4. The van der Waals surface area contributed by atoms with Gasteiger partial charge in [0.25, 0.3) is 0 Å². The first kappa shape index (κ1) is 14.3. The van der Waals surface area contributed by atoms with Gasteiger partial charge in [0.15, 0.2) is 0 Å². The maximum absolute atomic E-state index is 12.5. The van der Waals surface area contributed by atoms with Crippen molar-refractivity contribution in [2.75, 3.05) is 13.1 Å². The molecule has 1 aliphatic heterocycles. The predicted molar refractivity (Wildman–Crippen MR) is 82.3 cm³/mol. The van der Waals surface area contributed by atoms with Gasteiger partial charge in [-0.25, -0.2) is 4.98 Å². The Balaban J connectivity index is 1.69. The molecule has 0 bridgehead atoms. The summed E-state index contributed by atoms with van der Waals surface area (Å²) in [5.74, 6) is 0.172. The lowest BCUT2D eigenvalue weighted by Gasteiger charge is -2.39. The summed E-state index contributed by atoms with van der Waals surface area (Å²) in [5, 5.41) is 10.1. The van der Waals surface area contributed by atoms with Crippen molar-refractivity contribution in [2.45, 2.75) is 38.5 Å². The van der Waals surface area contributed by atoms with Crippen molar-refractivity contribution in [3.05, 3.63) is 34.0 Å². The quantitative estimate of drug-likeness (QED) is 0.946. The Kier molecular flexibility index (Phi) is 3.80. The number of likely N-dealkylation sites (tertiary alicyclic amines) is 1. The van der Waals surface area contributed by atoms with Gasteiger partial charge in [-0.3, -0.25) is 9.89 Å². The third-order valence-corrected chi connectivity index (χ3v) is 5.02. The Labute approximate surface area is 128 Å². The number of H-pyrrole nitrogens is 1. The number of carbonyl (C=O) groups is 1. The zero-order chi connectivity index (χ0) is 14.9. The number of piperidine rings is 1. The van der Waals surface area contributed by atoms with Crippen LogP contribution in [-0.2, 0) is 16.6 Å². The van der Waals surface area contributed by atoms with Gasteiger partial charge in [0, 0.05) is 35.8 Å².